The molecule has 0 bridgehead atoms. The molecule has 0 saturated carbocycles. The maximum Gasteiger partial charge on any atom is -0.0242 e. The normalized spacial score (nSPS) is 13.5. The fourth-order valence-corrected chi connectivity index (χ4v) is 1.07. The highest BCUT2D eigenvalue weighted by atomic mass is 14.0. The Hall–Kier alpha value is -1.04. The summed E-state index contributed by atoms with van der Waals surface area (Å²) in [6.45, 7) is 15.9. The fraction of sp³-hybridized carbons (Fsp3) is 0.385. The maximum absolute atomic E-state index is 3.74. The van der Waals surface area contributed by atoms with Gasteiger partial charge in [-0.05, 0) is 30.9 Å². The van der Waals surface area contributed by atoms with E-state index in [0.29, 0.717) is 0 Å². The monoisotopic (exact) mass is 178 g/mol. The molecule has 0 unspecified atom stereocenters. The molecule has 0 N–H and O–H groups in total. The van der Waals surface area contributed by atoms with E-state index in [1.165, 1.54) is 24.0 Å². The smallest absolute Gasteiger partial charge is 0.0242 e. The first kappa shape index (κ1) is 14.5. The Labute approximate surface area is 83.4 Å². The SMILES string of the molecule is C=C.C=CC1=C(C)C=CCC1.CC. The number of hydrogen-bond acceptors (Lipinski definition) is 0. The minimum atomic E-state index is 1.17. The third-order valence-electron chi connectivity index (χ3n) is 1.70. The zero-order valence-electron chi connectivity index (χ0n) is 9.27. The van der Waals surface area contributed by atoms with Crippen molar-refractivity contribution in [1.82, 2.24) is 0 Å². The predicted octanol–water partition coefficient (Wildman–Crippen LogP) is 4.67. The summed E-state index contributed by atoms with van der Waals surface area (Å²) in [5, 5.41) is 0. The summed E-state index contributed by atoms with van der Waals surface area (Å²) in [7, 11) is 0. The van der Waals surface area contributed by atoms with Crippen molar-refractivity contribution in [3.8, 4) is 0 Å². The Morgan fingerprint density at radius 1 is 1.31 bits per heavy atom. The van der Waals surface area contributed by atoms with Gasteiger partial charge >= 0.3 is 0 Å². The van der Waals surface area contributed by atoms with Gasteiger partial charge in [0.2, 0.25) is 0 Å². The first-order valence-electron chi connectivity index (χ1n) is 4.83. The molecule has 0 aromatic heterocycles. The van der Waals surface area contributed by atoms with Gasteiger partial charge in [0.1, 0.15) is 0 Å². The minimum Gasteiger partial charge on any atom is -0.106 e. The molecule has 0 aliphatic heterocycles. The van der Waals surface area contributed by atoms with E-state index < -0.39 is 0 Å². The summed E-state index contributed by atoms with van der Waals surface area (Å²) in [4.78, 5) is 0. The highest BCUT2D eigenvalue weighted by molar-refractivity contribution is 5.33. The molecule has 0 amide bonds. The van der Waals surface area contributed by atoms with Crippen molar-refractivity contribution in [2.24, 2.45) is 0 Å². The Balaban J connectivity index is 0. The van der Waals surface area contributed by atoms with Gasteiger partial charge in [0.15, 0.2) is 0 Å². The Bertz CT molecular complexity index is 182. The zero-order valence-corrected chi connectivity index (χ0v) is 9.27. The van der Waals surface area contributed by atoms with Crippen LogP contribution < -0.4 is 0 Å². The van der Waals surface area contributed by atoms with Crippen molar-refractivity contribution in [3.63, 3.8) is 0 Å². The standard InChI is InChI=1S/C9H12.C2H6.C2H4/c1-3-9-7-5-4-6-8(9)2;2*1-2/h3-4,6H,1,5,7H2,2H3;1-2H3;1-2H2. The lowest BCUT2D eigenvalue weighted by Crippen LogP contribution is -1.87. The summed E-state index contributed by atoms with van der Waals surface area (Å²) in [6.07, 6.45) is 8.69. The molecule has 0 aromatic carbocycles. The average Bonchev–Trinajstić information content (AvgIpc) is 2.24. The lowest BCUT2D eigenvalue weighted by Gasteiger charge is -2.07. The van der Waals surface area contributed by atoms with Crippen molar-refractivity contribution in [2.75, 3.05) is 0 Å². The van der Waals surface area contributed by atoms with Crippen LogP contribution in [0.3, 0.4) is 0 Å². The third kappa shape index (κ3) is 6.15. The van der Waals surface area contributed by atoms with Gasteiger partial charge in [0.25, 0.3) is 0 Å². The van der Waals surface area contributed by atoms with E-state index in [0.717, 1.165) is 0 Å². The Morgan fingerprint density at radius 3 is 2.15 bits per heavy atom. The van der Waals surface area contributed by atoms with Gasteiger partial charge in [-0.1, -0.05) is 38.7 Å². The molecule has 0 heteroatoms. The molecule has 0 atom stereocenters. The van der Waals surface area contributed by atoms with Crippen LogP contribution in [0.2, 0.25) is 0 Å². The van der Waals surface area contributed by atoms with Crippen LogP contribution in [0.4, 0.5) is 0 Å². The second-order valence-electron chi connectivity index (χ2n) is 2.35. The molecule has 13 heavy (non-hydrogen) atoms. The minimum absolute atomic E-state index is 1.17. The predicted molar refractivity (Wildman–Crippen MR) is 63.9 cm³/mol. The van der Waals surface area contributed by atoms with E-state index >= 15 is 0 Å². The van der Waals surface area contributed by atoms with E-state index in [1.54, 1.807) is 0 Å². The number of allylic oxidation sites excluding steroid dienone is 5. The first-order chi connectivity index (χ1) is 6.34. The second kappa shape index (κ2) is 11.0. The number of rotatable bonds is 1. The zero-order chi connectivity index (χ0) is 10.7. The highest BCUT2D eigenvalue weighted by Crippen LogP contribution is 2.18. The van der Waals surface area contributed by atoms with Crippen molar-refractivity contribution >= 4 is 0 Å². The van der Waals surface area contributed by atoms with E-state index in [1.807, 2.05) is 19.9 Å². The molecular weight excluding hydrogens is 156 g/mol. The van der Waals surface area contributed by atoms with Crippen LogP contribution in [0.1, 0.15) is 33.6 Å². The van der Waals surface area contributed by atoms with Gasteiger partial charge in [-0.3, -0.25) is 0 Å². The molecule has 0 radical (unpaired) electrons. The van der Waals surface area contributed by atoms with E-state index in [2.05, 4.69) is 38.8 Å². The molecule has 1 rings (SSSR count). The number of hydrogen-bond donors (Lipinski definition) is 0. The second-order valence-corrected chi connectivity index (χ2v) is 2.35. The van der Waals surface area contributed by atoms with Crippen LogP contribution >= 0.6 is 0 Å². The van der Waals surface area contributed by atoms with Crippen LogP contribution in [0.5, 0.6) is 0 Å². The Kier molecular flexibility index (Phi) is 12.2. The molecule has 0 fully saturated rings. The summed E-state index contributed by atoms with van der Waals surface area (Å²) in [5.74, 6) is 0. The van der Waals surface area contributed by atoms with Crippen molar-refractivity contribution in [2.45, 2.75) is 33.6 Å². The van der Waals surface area contributed by atoms with Crippen molar-refractivity contribution < 1.29 is 0 Å². The molecule has 0 nitrogen and oxygen atoms in total. The summed E-state index contributed by atoms with van der Waals surface area (Å²) >= 11 is 0. The maximum atomic E-state index is 3.74. The molecular formula is C13H22. The molecule has 74 valence electrons. The molecule has 1 aliphatic rings. The lowest BCUT2D eigenvalue weighted by molar-refractivity contribution is 0.970. The Morgan fingerprint density at radius 2 is 1.85 bits per heavy atom. The van der Waals surface area contributed by atoms with Gasteiger partial charge in [0.05, 0.1) is 0 Å². The van der Waals surface area contributed by atoms with Gasteiger partial charge < -0.3 is 0 Å². The molecule has 0 heterocycles. The van der Waals surface area contributed by atoms with Gasteiger partial charge in [0, 0.05) is 0 Å². The quantitative estimate of drug-likeness (QED) is 0.512. The van der Waals surface area contributed by atoms with E-state index in [9.17, 15) is 0 Å². The van der Waals surface area contributed by atoms with Crippen LogP contribution in [0.15, 0.2) is 49.1 Å². The topological polar surface area (TPSA) is 0 Å². The average molecular weight is 178 g/mol. The highest BCUT2D eigenvalue weighted by Gasteiger charge is 1.98. The van der Waals surface area contributed by atoms with Gasteiger partial charge in [-0.2, -0.15) is 0 Å². The lowest BCUT2D eigenvalue weighted by atomic mass is 9.99. The summed E-state index contributed by atoms with van der Waals surface area (Å²) in [6, 6.07) is 0. The van der Waals surface area contributed by atoms with Crippen LogP contribution in [-0.4, -0.2) is 0 Å². The van der Waals surface area contributed by atoms with Crippen LogP contribution in [-0.2, 0) is 0 Å². The van der Waals surface area contributed by atoms with Crippen LogP contribution in [0, 0.1) is 0 Å². The third-order valence-corrected chi connectivity index (χ3v) is 1.70. The van der Waals surface area contributed by atoms with Crippen molar-refractivity contribution in [3.05, 3.63) is 49.1 Å². The fourth-order valence-electron chi connectivity index (χ4n) is 1.07. The van der Waals surface area contributed by atoms with E-state index in [-0.39, 0.29) is 0 Å². The largest absolute Gasteiger partial charge is 0.106 e. The van der Waals surface area contributed by atoms with E-state index in [4.69, 9.17) is 0 Å². The van der Waals surface area contributed by atoms with Crippen molar-refractivity contribution in [1.29, 1.82) is 0 Å². The molecule has 0 spiro atoms. The molecule has 1 aliphatic carbocycles. The molecule has 0 saturated heterocycles. The van der Waals surface area contributed by atoms with Gasteiger partial charge in [-0.15, -0.1) is 13.2 Å². The van der Waals surface area contributed by atoms with Crippen LogP contribution in [0.25, 0.3) is 0 Å². The summed E-state index contributed by atoms with van der Waals surface area (Å²) < 4.78 is 0. The molecule has 0 aromatic rings. The summed E-state index contributed by atoms with van der Waals surface area (Å²) in [5.41, 5.74) is 2.77. The van der Waals surface area contributed by atoms with Gasteiger partial charge in [-0.25, -0.2) is 0 Å². The first-order valence-corrected chi connectivity index (χ1v) is 4.83.